The molecule has 0 aliphatic carbocycles. The molecule has 1 radical (unpaired) electrons. The molecule has 0 aromatic heterocycles. The van der Waals surface area contributed by atoms with Crippen molar-refractivity contribution in [2.75, 3.05) is 6.54 Å². The van der Waals surface area contributed by atoms with Gasteiger partial charge in [-0.15, -0.1) is 0 Å². The molecule has 13 heavy (non-hydrogen) atoms. The van der Waals surface area contributed by atoms with Gasteiger partial charge in [-0.2, -0.15) is 0 Å². The molecule has 0 spiro atoms. The molecule has 0 bridgehead atoms. The quantitative estimate of drug-likeness (QED) is 0.630. The van der Waals surface area contributed by atoms with Crippen molar-refractivity contribution in [3.8, 4) is 0 Å². The smallest absolute Gasteiger partial charge is 0.416 e. The van der Waals surface area contributed by atoms with Crippen molar-refractivity contribution in [3.63, 3.8) is 0 Å². The van der Waals surface area contributed by atoms with E-state index in [0.717, 1.165) is 12.2 Å². The van der Waals surface area contributed by atoms with Gasteiger partial charge in [-0.25, -0.2) is 4.79 Å². The molecule has 3 nitrogen and oxygen atoms in total. The van der Waals surface area contributed by atoms with Gasteiger partial charge in [-0.1, -0.05) is 12.2 Å². The highest BCUT2D eigenvalue weighted by molar-refractivity contribution is 5.47. The van der Waals surface area contributed by atoms with E-state index in [0.29, 0.717) is 5.76 Å². The Hall–Kier alpha value is -1.77. The molecular weight excluding hydrogens is 166 g/mol. The third kappa shape index (κ3) is 1.40. The molecule has 0 saturated heterocycles. The Balaban J connectivity index is 2.30. The molecule has 2 aliphatic rings. The Morgan fingerprint density at radius 3 is 3.15 bits per heavy atom. The van der Waals surface area contributed by atoms with Crippen LogP contribution in [0, 0.1) is 0 Å². The average molecular weight is 174 g/mol. The Morgan fingerprint density at radius 2 is 2.31 bits per heavy atom. The van der Waals surface area contributed by atoms with Gasteiger partial charge in [-0.3, -0.25) is 0 Å². The molecule has 0 aromatic rings. The van der Waals surface area contributed by atoms with E-state index in [9.17, 15) is 4.79 Å². The van der Waals surface area contributed by atoms with E-state index in [-0.39, 0.29) is 0 Å². The molecule has 2 heterocycles. The van der Waals surface area contributed by atoms with Crippen molar-refractivity contribution in [2.45, 2.75) is 0 Å². The van der Waals surface area contributed by atoms with Crippen molar-refractivity contribution in [3.05, 3.63) is 48.0 Å². The van der Waals surface area contributed by atoms with E-state index >= 15 is 0 Å². The van der Waals surface area contributed by atoms with Gasteiger partial charge in [0, 0.05) is 12.7 Å². The van der Waals surface area contributed by atoms with Gasteiger partial charge in [0.25, 0.3) is 0 Å². The van der Waals surface area contributed by atoms with Crippen LogP contribution in [0.5, 0.6) is 0 Å². The monoisotopic (exact) mass is 174 g/mol. The highest BCUT2D eigenvalue weighted by Crippen LogP contribution is 2.22. The van der Waals surface area contributed by atoms with Crippen molar-refractivity contribution in [2.24, 2.45) is 0 Å². The second-order valence-electron chi connectivity index (χ2n) is 2.69. The predicted octanol–water partition coefficient (Wildman–Crippen LogP) is 1.24. The summed E-state index contributed by atoms with van der Waals surface area (Å²) in [4.78, 5) is 12.1. The minimum atomic E-state index is 0.543. The van der Waals surface area contributed by atoms with Crippen molar-refractivity contribution in [1.82, 2.24) is 4.90 Å². The van der Waals surface area contributed by atoms with Crippen LogP contribution in [0.4, 0.5) is 0 Å². The number of nitrogens with zero attached hydrogens (tertiary/aromatic N) is 1. The van der Waals surface area contributed by atoms with Gasteiger partial charge < -0.3 is 9.64 Å². The lowest BCUT2D eigenvalue weighted by Crippen LogP contribution is -2.22. The number of carbonyl (C=O) groups excluding carboxylic acids is 1. The zero-order valence-electron chi connectivity index (χ0n) is 6.93. The molecule has 0 N–H and O–H groups in total. The summed E-state index contributed by atoms with van der Waals surface area (Å²) in [6, 6.07) is 0. The predicted molar refractivity (Wildman–Crippen MR) is 47.9 cm³/mol. The molecule has 0 aromatic carbocycles. The summed E-state index contributed by atoms with van der Waals surface area (Å²) >= 11 is 0. The summed E-state index contributed by atoms with van der Waals surface area (Å²) in [5.41, 5.74) is 0.897. The van der Waals surface area contributed by atoms with Crippen LogP contribution >= 0.6 is 0 Å². The largest absolute Gasteiger partial charge is 0.423 e. The van der Waals surface area contributed by atoms with E-state index in [2.05, 4.69) is 0 Å². The molecule has 0 fully saturated rings. The number of hydrogen-bond donors (Lipinski definition) is 0. The van der Waals surface area contributed by atoms with Crippen LogP contribution in [-0.2, 0) is 9.53 Å². The molecule has 0 unspecified atom stereocenters. The first kappa shape index (κ1) is 7.86. The van der Waals surface area contributed by atoms with Crippen LogP contribution in [0.25, 0.3) is 0 Å². The number of rotatable bonds is 2. The van der Waals surface area contributed by atoms with Gasteiger partial charge in [0.05, 0.1) is 5.70 Å². The van der Waals surface area contributed by atoms with Crippen molar-refractivity contribution in [1.29, 1.82) is 0 Å². The molecule has 0 amide bonds. The van der Waals surface area contributed by atoms with Crippen LogP contribution in [0.15, 0.2) is 48.0 Å². The topological polar surface area (TPSA) is 29.5 Å². The summed E-state index contributed by atoms with van der Waals surface area (Å²) < 4.78 is 4.71. The summed E-state index contributed by atoms with van der Waals surface area (Å²) in [5, 5.41) is 0. The zero-order valence-corrected chi connectivity index (χ0v) is 6.93. The van der Waals surface area contributed by atoms with Gasteiger partial charge in [0.1, 0.15) is 0 Å². The second kappa shape index (κ2) is 3.31. The molecule has 0 saturated carbocycles. The fourth-order valence-corrected chi connectivity index (χ4v) is 1.34. The SMILES string of the molecule is O=[C]OC1=CC=CN2CC=CC=C12. The van der Waals surface area contributed by atoms with Gasteiger partial charge in [0.15, 0.2) is 5.76 Å². The van der Waals surface area contributed by atoms with E-state index in [4.69, 9.17) is 4.74 Å². The Morgan fingerprint density at radius 1 is 1.38 bits per heavy atom. The number of fused-ring (bicyclic) bond motifs is 1. The Bertz CT molecular complexity index is 337. The fourth-order valence-electron chi connectivity index (χ4n) is 1.34. The maximum atomic E-state index is 10.1. The van der Waals surface area contributed by atoms with Crippen LogP contribution in [0.1, 0.15) is 0 Å². The van der Waals surface area contributed by atoms with Crippen LogP contribution in [0.3, 0.4) is 0 Å². The first-order valence-electron chi connectivity index (χ1n) is 3.98. The molecule has 2 aliphatic heterocycles. The summed E-state index contributed by atoms with van der Waals surface area (Å²) in [6.07, 6.45) is 11.4. The number of ether oxygens (including phenoxy) is 1. The minimum Gasteiger partial charge on any atom is -0.416 e. The lowest BCUT2D eigenvalue weighted by Gasteiger charge is -2.26. The second-order valence-corrected chi connectivity index (χ2v) is 2.69. The molecule has 2 rings (SSSR count). The highest BCUT2D eigenvalue weighted by Gasteiger charge is 2.16. The van der Waals surface area contributed by atoms with Gasteiger partial charge in [0.2, 0.25) is 0 Å². The van der Waals surface area contributed by atoms with E-state index < -0.39 is 0 Å². The van der Waals surface area contributed by atoms with Crippen molar-refractivity contribution < 1.29 is 9.53 Å². The van der Waals surface area contributed by atoms with Crippen LogP contribution in [0.2, 0.25) is 0 Å². The number of allylic oxidation sites excluding steroid dienone is 4. The summed E-state index contributed by atoms with van der Waals surface area (Å²) in [5.74, 6) is 0.543. The van der Waals surface area contributed by atoms with Crippen molar-refractivity contribution >= 4 is 6.47 Å². The Kier molecular flexibility index (Phi) is 2.00. The zero-order chi connectivity index (χ0) is 9.10. The lowest BCUT2D eigenvalue weighted by atomic mass is 10.2. The van der Waals surface area contributed by atoms with Crippen LogP contribution < -0.4 is 0 Å². The average Bonchev–Trinajstić information content (AvgIpc) is 2.19. The normalized spacial score (nSPS) is 18.9. The highest BCUT2D eigenvalue weighted by atomic mass is 16.5. The van der Waals surface area contributed by atoms with E-state index in [1.54, 1.807) is 6.08 Å². The van der Waals surface area contributed by atoms with Crippen LogP contribution in [-0.4, -0.2) is 17.9 Å². The van der Waals surface area contributed by atoms with E-state index in [1.807, 2.05) is 35.4 Å². The third-order valence-electron chi connectivity index (χ3n) is 1.92. The molecule has 65 valence electrons. The standard InChI is InChI=1S/C10H8NO2/c12-8-13-10-5-3-7-11-6-2-1-4-9(10)11/h1-5,7H,6H2. The van der Waals surface area contributed by atoms with E-state index in [1.165, 1.54) is 6.47 Å². The van der Waals surface area contributed by atoms with Gasteiger partial charge >= 0.3 is 6.47 Å². The third-order valence-corrected chi connectivity index (χ3v) is 1.92. The maximum absolute atomic E-state index is 10.1. The summed E-state index contributed by atoms with van der Waals surface area (Å²) in [6.45, 7) is 2.23. The Labute approximate surface area is 76.3 Å². The minimum absolute atomic E-state index is 0.543. The number of hydrogen-bond acceptors (Lipinski definition) is 3. The first-order valence-corrected chi connectivity index (χ1v) is 3.98. The van der Waals surface area contributed by atoms with Gasteiger partial charge in [-0.05, 0) is 18.2 Å². The maximum Gasteiger partial charge on any atom is 0.423 e. The molecule has 3 heteroatoms. The summed E-state index contributed by atoms with van der Waals surface area (Å²) in [7, 11) is 0. The molecule has 0 atom stereocenters. The first-order chi connectivity index (χ1) is 6.42. The lowest BCUT2D eigenvalue weighted by molar-refractivity contribution is 0.341. The fraction of sp³-hybridized carbons (Fsp3) is 0.100. The molecular formula is C10H8NO2.